The number of benzene rings is 3. The van der Waals surface area contributed by atoms with Crippen LogP contribution in [0.5, 0.6) is 11.5 Å². The Kier molecular flexibility index (Phi) is 7.29. The summed E-state index contributed by atoms with van der Waals surface area (Å²) in [6.07, 6.45) is 0.772. The molecule has 11 heteroatoms. The normalized spacial score (nSPS) is 27.0. The number of methoxy groups -OCH3 is 2. The van der Waals surface area contributed by atoms with Crippen molar-refractivity contribution in [2.45, 2.75) is 36.1 Å². The number of nitrogens with one attached hydrogen (secondary N) is 1. The second-order valence-electron chi connectivity index (χ2n) is 12.8. The summed E-state index contributed by atoms with van der Waals surface area (Å²) in [5, 5.41) is 3.69. The van der Waals surface area contributed by atoms with Gasteiger partial charge in [-0.3, -0.25) is 28.6 Å². The van der Waals surface area contributed by atoms with Crippen LogP contribution in [0.3, 0.4) is 0 Å². The predicted octanol–water partition coefficient (Wildman–Crippen LogP) is 5.55. The molecule has 3 fully saturated rings. The Morgan fingerprint density at radius 3 is 2.36 bits per heavy atom. The first kappa shape index (κ1) is 30.0. The Balaban J connectivity index is 1.21. The summed E-state index contributed by atoms with van der Waals surface area (Å²) in [6, 6.07) is 22.6. The van der Waals surface area contributed by atoms with Gasteiger partial charge in [0.15, 0.2) is 11.5 Å². The van der Waals surface area contributed by atoms with Crippen molar-refractivity contribution in [3.8, 4) is 11.5 Å². The number of aryl methyl sites for hydroxylation is 1. The van der Waals surface area contributed by atoms with Gasteiger partial charge in [-0.1, -0.05) is 47.7 Å². The lowest BCUT2D eigenvalue weighted by atomic mass is 9.68. The maximum Gasteiger partial charge on any atom is 0.308 e. The molecule has 3 aromatic carbocycles. The number of thiazole rings is 1. The third-order valence-electron chi connectivity index (χ3n) is 10.3. The van der Waals surface area contributed by atoms with E-state index in [-0.39, 0.29) is 58.1 Å². The van der Waals surface area contributed by atoms with Crippen molar-refractivity contribution in [2.75, 3.05) is 24.4 Å². The Morgan fingerprint density at radius 1 is 0.894 bits per heavy atom. The van der Waals surface area contributed by atoms with E-state index in [1.807, 2.05) is 79.7 Å². The van der Waals surface area contributed by atoms with Gasteiger partial charge in [0.2, 0.25) is 17.7 Å². The fraction of sp³-hybridized carbons (Fsp3) is 0.333. The van der Waals surface area contributed by atoms with Crippen LogP contribution in [0.1, 0.15) is 28.3 Å². The molecule has 4 aliphatic rings. The van der Waals surface area contributed by atoms with Crippen LogP contribution in [0.15, 0.2) is 82.6 Å². The molecule has 9 nitrogen and oxygen atoms in total. The number of carbonyl (C=O) groups excluding carboxylic acids is 3. The lowest BCUT2D eigenvalue weighted by Crippen LogP contribution is -2.43. The fourth-order valence-electron chi connectivity index (χ4n) is 8.57. The molecule has 2 bridgehead atoms. The summed E-state index contributed by atoms with van der Waals surface area (Å²) in [5.41, 5.74) is 3.26. The summed E-state index contributed by atoms with van der Waals surface area (Å²) in [5.74, 6) is -0.462. The van der Waals surface area contributed by atoms with Gasteiger partial charge >= 0.3 is 4.87 Å². The fourth-order valence-corrected chi connectivity index (χ4v) is 11.7. The summed E-state index contributed by atoms with van der Waals surface area (Å²) in [6.45, 7) is 1.83. The van der Waals surface area contributed by atoms with E-state index in [4.69, 9.17) is 9.47 Å². The van der Waals surface area contributed by atoms with Crippen molar-refractivity contribution in [3.63, 3.8) is 0 Å². The van der Waals surface area contributed by atoms with Gasteiger partial charge in [0.05, 0.1) is 36.8 Å². The quantitative estimate of drug-likeness (QED) is 0.258. The molecule has 47 heavy (non-hydrogen) atoms. The number of fused-ring (bicyclic) bond motifs is 9. The van der Waals surface area contributed by atoms with Crippen molar-refractivity contribution >= 4 is 52.2 Å². The molecule has 2 aliphatic heterocycles. The van der Waals surface area contributed by atoms with E-state index in [1.54, 1.807) is 30.5 Å². The molecule has 8 rings (SSSR count). The van der Waals surface area contributed by atoms with Crippen LogP contribution in [0.4, 0.5) is 11.4 Å². The Labute approximate surface area is 279 Å². The number of rotatable bonds is 7. The maximum atomic E-state index is 14.1. The molecule has 7 unspecified atom stereocenters. The number of carbonyl (C=O) groups is 3. The average molecular weight is 668 g/mol. The maximum absolute atomic E-state index is 14.1. The van der Waals surface area contributed by atoms with Gasteiger partial charge in [0, 0.05) is 21.7 Å². The zero-order valence-electron chi connectivity index (χ0n) is 26.0. The largest absolute Gasteiger partial charge is 0.493 e. The number of para-hydroxylation sites is 1. The summed E-state index contributed by atoms with van der Waals surface area (Å²) < 4.78 is 12.8. The lowest BCUT2D eigenvalue weighted by molar-refractivity contribution is -0.123. The van der Waals surface area contributed by atoms with E-state index < -0.39 is 11.8 Å². The van der Waals surface area contributed by atoms with Gasteiger partial charge in [-0.15, -0.1) is 11.8 Å². The number of thioether (sulfide) groups is 1. The van der Waals surface area contributed by atoms with Gasteiger partial charge in [-0.25, -0.2) is 0 Å². The molecular weight excluding hydrogens is 635 g/mol. The van der Waals surface area contributed by atoms with Crippen molar-refractivity contribution in [3.05, 3.63) is 98.5 Å². The number of hydrogen-bond donors (Lipinski definition) is 1. The van der Waals surface area contributed by atoms with Gasteiger partial charge in [-0.2, -0.15) is 0 Å². The van der Waals surface area contributed by atoms with Crippen molar-refractivity contribution in [1.29, 1.82) is 0 Å². The first-order valence-electron chi connectivity index (χ1n) is 15.7. The van der Waals surface area contributed by atoms with Gasteiger partial charge in [0.25, 0.3) is 0 Å². The van der Waals surface area contributed by atoms with Crippen LogP contribution >= 0.6 is 23.1 Å². The summed E-state index contributed by atoms with van der Waals surface area (Å²) in [4.78, 5) is 57.1. The van der Waals surface area contributed by atoms with E-state index in [1.165, 1.54) is 16.2 Å². The molecule has 7 atom stereocenters. The predicted molar refractivity (Wildman–Crippen MR) is 180 cm³/mol. The zero-order chi connectivity index (χ0) is 32.6. The Morgan fingerprint density at radius 2 is 1.64 bits per heavy atom. The first-order valence-corrected chi connectivity index (χ1v) is 17.4. The standard InChI is InChI=1S/C36H33N3O6S2/c1-18-8-7-9-20(14-18)37-26(40)17-38-35-32(47-36(38)43)27(19-12-13-24(44-2)25(15-19)45-3)28-22-16-23(31(28)46-35)30-29(22)33(41)39(34(30)42)21-10-5-4-6-11-21/h4-15,22-23,27-31H,16-17H2,1-3H3,(H,37,40). The minimum absolute atomic E-state index is 0.0111. The highest BCUT2D eigenvalue weighted by Crippen LogP contribution is 2.69. The molecule has 0 radical (unpaired) electrons. The SMILES string of the molecule is COc1ccc(C2c3sc(=O)n(CC(=O)Nc4cccc(C)c4)c3SC3C4CC(C5C(=O)N(c6ccccc6)C(=O)C45)C23)cc1OC. The number of ether oxygens (including phenoxy) is 2. The molecule has 0 spiro atoms. The third kappa shape index (κ3) is 4.65. The van der Waals surface area contributed by atoms with E-state index in [0.717, 1.165) is 27.5 Å². The van der Waals surface area contributed by atoms with E-state index in [0.29, 0.717) is 22.9 Å². The molecule has 1 N–H and O–H groups in total. The molecule has 2 saturated carbocycles. The molecule has 1 aromatic heterocycles. The molecule has 3 amide bonds. The van der Waals surface area contributed by atoms with Crippen LogP contribution in [-0.4, -0.2) is 41.8 Å². The van der Waals surface area contributed by atoms with Crippen LogP contribution in [0.25, 0.3) is 0 Å². The minimum Gasteiger partial charge on any atom is -0.493 e. The first-order chi connectivity index (χ1) is 22.8. The number of aromatic nitrogens is 1. The van der Waals surface area contributed by atoms with E-state index in [9.17, 15) is 19.2 Å². The molecular formula is C36H33N3O6S2. The highest BCUT2D eigenvalue weighted by Gasteiger charge is 2.69. The highest BCUT2D eigenvalue weighted by molar-refractivity contribution is 8.00. The smallest absolute Gasteiger partial charge is 0.308 e. The van der Waals surface area contributed by atoms with Crippen molar-refractivity contribution in [2.24, 2.45) is 29.6 Å². The van der Waals surface area contributed by atoms with Crippen LogP contribution in [0.2, 0.25) is 0 Å². The monoisotopic (exact) mass is 667 g/mol. The number of anilines is 2. The van der Waals surface area contributed by atoms with Crippen LogP contribution in [-0.2, 0) is 20.9 Å². The van der Waals surface area contributed by atoms with E-state index >= 15 is 0 Å². The highest BCUT2D eigenvalue weighted by atomic mass is 32.2. The molecule has 3 heterocycles. The zero-order valence-corrected chi connectivity index (χ0v) is 27.7. The topological polar surface area (TPSA) is 107 Å². The number of hydrogen-bond acceptors (Lipinski definition) is 8. The van der Waals surface area contributed by atoms with Gasteiger partial charge < -0.3 is 14.8 Å². The second kappa shape index (κ2) is 11.4. The van der Waals surface area contributed by atoms with Crippen LogP contribution < -0.4 is 24.6 Å². The molecule has 4 aromatic rings. The number of imide groups is 1. The number of amides is 3. The number of nitrogens with zero attached hydrogens (tertiary/aromatic N) is 2. The van der Waals surface area contributed by atoms with Gasteiger partial charge in [-0.05, 0) is 78.6 Å². The molecule has 1 saturated heterocycles. The Hall–Kier alpha value is -4.35. The van der Waals surface area contributed by atoms with E-state index in [2.05, 4.69) is 5.32 Å². The summed E-state index contributed by atoms with van der Waals surface area (Å²) in [7, 11) is 3.19. The summed E-state index contributed by atoms with van der Waals surface area (Å²) >= 11 is 2.78. The van der Waals surface area contributed by atoms with Crippen molar-refractivity contribution < 1.29 is 23.9 Å². The van der Waals surface area contributed by atoms with Gasteiger partial charge in [0.1, 0.15) is 6.54 Å². The Bertz CT molecular complexity index is 1990. The van der Waals surface area contributed by atoms with Crippen LogP contribution in [0, 0.1) is 36.5 Å². The average Bonchev–Trinajstić information content (AvgIpc) is 3.79. The molecule has 240 valence electrons. The molecule has 2 aliphatic carbocycles. The van der Waals surface area contributed by atoms with Crippen molar-refractivity contribution in [1.82, 2.24) is 4.57 Å². The third-order valence-corrected chi connectivity index (χ3v) is 13.1. The minimum atomic E-state index is -0.405. The lowest BCUT2D eigenvalue weighted by Gasteiger charge is -2.43. The second-order valence-corrected chi connectivity index (χ2v) is 14.9.